The molecule has 0 saturated heterocycles. The maximum absolute atomic E-state index is 14.0. The number of hydrogen-bond acceptors (Lipinski definition) is 6. The third kappa shape index (κ3) is 7.22. The minimum absolute atomic E-state index is 0.117. The molecule has 3 aromatic rings. The smallest absolute Gasteiger partial charge is 0.323 e. The molecule has 1 saturated carbocycles. The molecule has 4 rings (SSSR count). The zero-order valence-electron chi connectivity index (χ0n) is 22.3. The van der Waals surface area contributed by atoms with Crippen molar-refractivity contribution in [2.45, 2.75) is 49.6 Å². The Morgan fingerprint density at radius 3 is 2.27 bits per heavy atom. The Labute approximate surface area is 232 Å². The highest BCUT2D eigenvalue weighted by atomic mass is 32.2. The molecule has 0 spiro atoms. The van der Waals surface area contributed by atoms with Crippen molar-refractivity contribution in [3.63, 3.8) is 0 Å². The number of nitriles is 1. The van der Waals surface area contributed by atoms with Crippen LogP contribution in [0.3, 0.4) is 0 Å². The molecular weight excluding hydrogens is 533 g/mol. The Morgan fingerprint density at radius 2 is 1.65 bits per heavy atom. The van der Waals surface area contributed by atoms with Crippen molar-refractivity contribution in [2.75, 3.05) is 22.2 Å². The second-order valence-electron chi connectivity index (χ2n) is 10.3. The topological polar surface area (TPSA) is 140 Å². The Morgan fingerprint density at radius 1 is 0.975 bits per heavy atom. The summed E-state index contributed by atoms with van der Waals surface area (Å²) in [4.78, 5) is 25.8. The summed E-state index contributed by atoms with van der Waals surface area (Å²) < 4.78 is 37.3. The average Bonchev–Trinajstić information content (AvgIpc) is 3.73. The van der Waals surface area contributed by atoms with Gasteiger partial charge in [-0.05, 0) is 98.3 Å². The first kappa shape index (κ1) is 28.7. The number of nitrogens with zero attached hydrogens (tertiary/aromatic N) is 1. The fourth-order valence-corrected chi connectivity index (χ4v) is 4.68. The van der Waals surface area contributed by atoms with Crippen LogP contribution in [0.25, 0.3) is 0 Å². The van der Waals surface area contributed by atoms with Gasteiger partial charge in [-0.25, -0.2) is 17.6 Å². The van der Waals surface area contributed by atoms with E-state index in [-0.39, 0.29) is 23.0 Å². The molecule has 4 N–H and O–H groups in total. The zero-order valence-corrected chi connectivity index (χ0v) is 23.2. The van der Waals surface area contributed by atoms with Gasteiger partial charge in [-0.3, -0.25) is 10.1 Å². The number of amides is 3. The predicted molar refractivity (Wildman–Crippen MR) is 151 cm³/mol. The van der Waals surface area contributed by atoms with E-state index in [1.54, 1.807) is 26.0 Å². The van der Waals surface area contributed by atoms with Crippen LogP contribution in [0.4, 0.5) is 26.2 Å². The summed E-state index contributed by atoms with van der Waals surface area (Å²) in [5, 5.41) is 20.6. The maximum atomic E-state index is 14.0. The maximum Gasteiger partial charge on any atom is 0.323 e. The van der Waals surface area contributed by atoms with Crippen molar-refractivity contribution >= 4 is 38.8 Å². The van der Waals surface area contributed by atoms with E-state index in [2.05, 4.69) is 27.3 Å². The molecule has 0 unspecified atom stereocenters. The largest absolute Gasteiger partial charge is 0.324 e. The number of hydrogen-bond donors (Lipinski definition) is 4. The average molecular weight is 564 g/mol. The zero-order chi connectivity index (χ0) is 29.1. The first-order valence-electron chi connectivity index (χ1n) is 12.6. The third-order valence-corrected chi connectivity index (χ3v) is 7.72. The number of urea groups is 1. The van der Waals surface area contributed by atoms with Crippen LogP contribution in [-0.4, -0.2) is 32.2 Å². The van der Waals surface area contributed by atoms with Crippen LogP contribution in [0, 0.1) is 17.1 Å². The van der Waals surface area contributed by atoms with Crippen molar-refractivity contribution in [1.29, 1.82) is 5.26 Å². The van der Waals surface area contributed by atoms with Gasteiger partial charge in [0, 0.05) is 29.9 Å². The van der Waals surface area contributed by atoms with Crippen LogP contribution in [0.2, 0.25) is 0 Å². The van der Waals surface area contributed by atoms with Gasteiger partial charge < -0.3 is 16.0 Å². The van der Waals surface area contributed by atoms with Crippen molar-refractivity contribution in [3.8, 4) is 6.07 Å². The monoisotopic (exact) mass is 563 g/mol. The fraction of sp³-hybridized carbons (Fsp3) is 0.276. The predicted octanol–water partition coefficient (Wildman–Crippen LogP) is 5.13. The molecule has 11 heteroatoms. The van der Waals surface area contributed by atoms with Crippen molar-refractivity contribution in [1.82, 2.24) is 5.32 Å². The molecule has 0 bridgehead atoms. The SMILES string of the molecule is CC(C)(NCc1ccc(F)cc1NC(=O)Nc1ccc(S(C)(=O)=O)cc1)C(=O)Nc1ccc(C#N)c(C2CC2)c1. The lowest BCUT2D eigenvalue weighted by atomic mass is 10.0. The molecule has 1 aliphatic carbocycles. The molecule has 0 heterocycles. The van der Waals surface area contributed by atoms with Crippen LogP contribution in [0.5, 0.6) is 0 Å². The summed E-state index contributed by atoms with van der Waals surface area (Å²) in [5.41, 5.74) is 2.22. The number of rotatable bonds is 9. The molecule has 1 aliphatic rings. The van der Waals surface area contributed by atoms with E-state index < -0.39 is 27.2 Å². The fourth-order valence-electron chi connectivity index (χ4n) is 4.05. The van der Waals surface area contributed by atoms with Gasteiger partial charge in [0.1, 0.15) is 5.82 Å². The van der Waals surface area contributed by atoms with Gasteiger partial charge in [-0.2, -0.15) is 5.26 Å². The lowest BCUT2D eigenvalue weighted by Gasteiger charge is -2.26. The highest BCUT2D eigenvalue weighted by Gasteiger charge is 2.29. The van der Waals surface area contributed by atoms with E-state index in [9.17, 15) is 27.7 Å². The summed E-state index contributed by atoms with van der Waals surface area (Å²) in [6.07, 6.45) is 3.14. The van der Waals surface area contributed by atoms with E-state index in [1.807, 2.05) is 6.07 Å². The van der Waals surface area contributed by atoms with Crippen LogP contribution in [0.15, 0.2) is 65.6 Å². The number of nitrogens with one attached hydrogen (secondary N) is 4. The Bertz CT molecular complexity index is 1590. The van der Waals surface area contributed by atoms with Gasteiger partial charge in [0.05, 0.1) is 22.1 Å². The van der Waals surface area contributed by atoms with Crippen molar-refractivity contribution < 1.29 is 22.4 Å². The molecule has 0 radical (unpaired) electrons. The molecule has 3 aromatic carbocycles. The van der Waals surface area contributed by atoms with Gasteiger partial charge in [-0.1, -0.05) is 6.07 Å². The number of sulfone groups is 1. The van der Waals surface area contributed by atoms with Crippen LogP contribution >= 0.6 is 0 Å². The van der Waals surface area contributed by atoms with E-state index in [1.165, 1.54) is 42.5 Å². The summed E-state index contributed by atoms with van der Waals surface area (Å²) in [6, 6.07) is 16.4. The molecule has 40 heavy (non-hydrogen) atoms. The Balaban J connectivity index is 1.40. The van der Waals surface area contributed by atoms with Gasteiger partial charge >= 0.3 is 6.03 Å². The highest BCUT2D eigenvalue weighted by Crippen LogP contribution is 2.42. The van der Waals surface area contributed by atoms with Gasteiger partial charge in [0.2, 0.25) is 5.91 Å². The van der Waals surface area contributed by atoms with E-state index in [0.717, 1.165) is 24.7 Å². The third-order valence-electron chi connectivity index (χ3n) is 6.60. The van der Waals surface area contributed by atoms with Crippen molar-refractivity contribution in [3.05, 3.63) is 83.2 Å². The van der Waals surface area contributed by atoms with E-state index >= 15 is 0 Å². The minimum Gasteiger partial charge on any atom is -0.324 e. The molecule has 1 fully saturated rings. The molecule has 9 nitrogen and oxygen atoms in total. The van der Waals surface area contributed by atoms with Crippen LogP contribution in [-0.2, 0) is 21.2 Å². The quantitative estimate of drug-likeness (QED) is 0.285. The Kier molecular flexibility index (Phi) is 8.23. The standard InChI is InChI=1S/C29H30FN5O4S/c1-29(2,27(36)33-23-9-7-19(16-31)25(15-23)18-4-5-18)32-17-20-6-8-21(30)14-26(20)35-28(37)34-22-10-12-24(13-11-22)40(3,38)39/h6-15,18,32H,4-5,17H2,1-3H3,(H,33,36)(H2,34,35,37). The number of carbonyl (C=O) groups is 2. The molecule has 208 valence electrons. The van der Waals surface area contributed by atoms with Crippen molar-refractivity contribution in [2.24, 2.45) is 0 Å². The van der Waals surface area contributed by atoms with Gasteiger partial charge in [0.25, 0.3) is 0 Å². The lowest BCUT2D eigenvalue weighted by Crippen LogP contribution is -2.49. The van der Waals surface area contributed by atoms with E-state index in [0.29, 0.717) is 28.4 Å². The van der Waals surface area contributed by atoms with E-state index in [4.69, 9.17) is 0 Å². The first-order valence-corrected chi connectivity index (χ1v) is 14.5. The summed E-state index contributed by atoms with van der Waals surface area (Å²) in [5.74, 6) is -0.502. The van der Waals surface area contributed by atoms with Gasteiger partial charge in [0.15, 0.2) is 9.84 Å². The van der Waals surface area contributed by atoms with Crippen LogP contribution in [0.1, 0.15) is 49.3 Å². The Hall–Kier alpha value is -4.27. The lowest BCUT2D eigenvalue weighted by molar-refractivity contribution is -0.121. The first-order chi connectivity index (χ1) is 18.9. The normalized spacial score (nSPS) is 13.3. The molecule has 0 atom stereocenters. The number of anilines is 3. The molecule has 0 aliphatic heterocycles. The van der Waals surface area contributed by atoms with Crippen LogP contribution < -0.4 is 21.3 Å². The summed E-state index contributed by atoms with van der Waals surface area (Å²) in [6.45, 7) is 3.55. The molecular formula is C29H30FN5O4S. The summed E-state index contributed by atoms with van der Waals surface area (Å²) in [7, 11) is -3.37. The second-order valence-corrected chi connectivity index (χ2v) is 12.3. The molecule has 0 aromatic heterocycles. The number of halogens is 1. The molecule has 3 amide bonds. The van der Waals surface area contributed by atoms with Gasteiger partial charge in [-0.15, -0.1) is 0 Å². The minimum atomic E-state index is -3.37. The highest BCUT2D eigenvalue weighted by molar-refractivity contribution is 7.90. The second kappa shape index (κ2) is 11.5. The number of carbonyl (C=O) groups excluding carboxylic acids is 2. The number of benzene rings is 3. The summed E-state index contributed by atoms with van der Waals surface area (Å²) >= 11 is 0.